The molecule has 0 saturated heterocycles. The minimum Gasteiger partial charge on any atom is -0.378 e. The average Bonchev–Trinajstić information content (AvgIpc) is 2.69. The molecule has 1 atom stereocenters. The second kappa shape index (κ2) is 8.07. The molecule has 3 aromatic carbocycles. The maximum atomic E-state index is 12.7. The first-order chi connectivity index (χ1) is 12.6. The van der Waals surface area contributed by atoms with Crippen LogP contribution in [0.15, 0.2) is 84.9 Å². The number of carbonyl (C=O) groups excluding carboxylic acids is 1. The average molecular weight is 346 g/mol. The molecule has 3 aromatic rings. The Hall–Kier alpha value is -3.47. The van der Waals surface area contributed by atoms with E-state index in [1.54, 1.807) is 0 Å². The Balaban J connectivity index is 1.80. The topological polar surface area (TPSA) is 72.2 Å². The number of benzene rings is 3. The number of nitrogens with one attached hydrogen (secondary N) is 1. The van der Waals surface area contributed by atoms with E-state index in [4.69, 9.17) is 0 Å². The van der Waals surface area contributed by atoms with Crippen LogP contribution in [0.1, 0.15) is 28.4 Å². The Morgan fingerprint density at radius 2 is 1.46 bits per heavy atom. The largest absolute Gasteiger partial charge is 0.378 e. The molecule has 0 aromatic heterocycles. The third-order valence-electron chi connectivity index (χ3n) is 4.11. The van der Waals surface area contributed by atoms with E-state index in [9.17, 15) is 14.9 Å². The summed E-state index contributed by atoms with van der Waals surface area (Å²) in [5.41, 5.74) is 2.37. The highest BCUT2D eigenvalue weighted by Crippen LogP contribution is 2.25. The van der Waals surface area contributed by atoms with Crippen molar-refractivity contribution >= 4 is 17.2 Å². The van der Waals surface area contributed by atoms with E-state index in [2.05, 4.69) is 5.32 Å². The van der Waals surface area contributed by atoms with Gasteiger partial charge >= 0.3 is 0 Å². The Labute approximate surface area is 151 Å². The fraction of sp³-hybridized carbons (Fsp3) is 0.0952. The molecule has 26 heavy (non-hydrogen) atoms. The highest BCUT2D eigenvalue weighted by Gasteiger charge is 2.18. The number of Topliss-reactive ketones (excluding diaryl/α,β-unsaturated/α-hetero) is 1. The quantitative estimate of drug-likeness (QED) is 0.370. The van der Waals surface area contributed by atoms with E-state index >= 15 is 0 Å². The Morgan fingerprint density at radius 1 is 0.885 bits per heavy atom. The molecule has 0 aliphatic rings. The second-order valence-electron chi connectivity index (χ2n) is 5.90. The molecule has 0 amide bonds. The van der Waals surface area contributed by atoms with Crippen molar-refractivity contribution in [3.63, 3.8) is 0 Å². The highest BCUT2D eigenvalue weighted by molar-refractivity contribution is 5.96. The molecule has 0 fully saturated rings. The highest BCUT2D eigenvalue weighted by atomic mass is 16.6. The summed E-state index contributed by atoms with van der Waals surface area (Å²) >= 11 is 0. The van der Waals surface area contributed by atoms with Gasteiger partial charge in [-0.05, 0) is 29.8 Å². The number of nitro benzene ring substituents is 1. The van der Waals surface area contributed by atoms with Gasteiger partial charge in [0.15, 0.2) is 5.78 Å². The van der Waals surface area contributed by atoms with Crippen LogP contribution in [0.25, 0.3) is 0 Å². The molecule has 0 aliphatic heterocycles. The van der Waals surface area contributed by atoms with Gasteiger partial charge in [0, 0.05) is 29.8 Å². The van der Waals surface area contributed by atoms with Crippen molar-refractivity contribution in [2.45, 2.75) is 12.5 Å². The number of hydrogen-bond donors (Lipinski definition) is 1. The number of hydrogen-bond acceptors (Lipinski definition) is 4. The number of nitro groups is 1. The number of nitrogens with zero attached hydrogens (tertiary/aromatic N) is 1. The lowest BCUT2D eigenvalue weighted by atomic mass is 9.97. The van der Waals surface area contributed by atoms with Gasteiger partial charge in [-0.15, -0.1) is 0 Å². The van der Waals surface area contributed by atoms with Crippen LogP contribution in [0.4, 0.5) is 11.4 Å². The first kappa shape index (κ1) is 17.4. The monoisotopic (exact) mass is 346 g/mol. The van der Waals surface area contributed by atoms with E-state index in [0.29, 0.717) is 5.56 Å². The maximum absolute atomic E-state index is 12.7. The molecule has 0 heterocycles. The van der Waals surface area contributed by atoms with Crippen LogP contribution < -0.4 is 5.32 Å². The molecule has 0 spiro atoms. The van der Waals surface area contributed by atoms with Crippen LogP contribution in [0.2, 0.25) is 0 Å². The summed E-state index contributed by atoms with van der Waals surface area (Å²) in [7, 11) is 0. The molecule has 1 N–H and O–H groups in total. The van der Waals surface area contributed by atoms with Crippen LogP contribution >= 0.6 is 0 Å². The van der Waals surface area contributed by atoms with Crippen molar-refractivity contribution in [1.29, 1.82) is 0 Å². The molecular formula is C21H18N2O3. The summed E-state index contributed by atoms with van der Waals surface area (Å²) in [6.07, 6.45) is 0.247. The smallest absolute Gasteiger partial charge is 0.269 e. The van der Waals surface area contributed by atoms with Crippen LogP contribution in [0.5, 0.6) is 0 Å². The van der Waals surface area contributed by atoms with E-state index in [1.807, 2.05) is 60.7 Å². The third-order valence-corrected chi connectivity index (χ3v) is 4.11. The van der Waals surface area contributed by atoms with Gasteiger partial charge in [-0.25, -0.2) is 0 Å². The maximum Gasteiger partial charge on any atom is 0.269 e. The number of rotatable bonds is 7. The predicted octanol–water partition coefficient (Wildman–Crippen LogP) is 5.02. The van der Waals surface area contributed by atoms with Gasteiger partial charge in [0.05, 0.1) is 11.0 Å². The molecule has 3 rings (SSSR count). The van der Waals surface area contributed by atoms with Crippen LogP contribution in [-0.2, 0) is 0 Å². The number of anilines is 1. The number of carbonyl (C=O) groups is 1. The SMILES string of the molecule is O=C(C[C@@H](Nc1ccccc1)c1ccccc1)c1ccc([N+](=O)[O-])cc1. The van der Waals surface area contributed by atoms with Crippen molar-refractivity contribution in [3.8, 4) is 0 Å². The molecular weight excluding hydrogens is 328 g/mol. The fourth-order valence-electron chi connectivity index (χ4n) is 2.75. The molecule has 0 bridgehead atoms. The minimum absolute atomic E-state index is 0.0245. The summed E-state index contributed by atoms with van der Waals surface area (Å²) < 4.78 is 0. The predicted molar refractivity (Wildman–Crippen MR) is 101 cm³/mol. The standard InChI is InChI=1S/C21H18N2O3/c24-21(17-11-13-19(14-12-17)23(25)26)15-20(16-7-3-1-4-8-16)22-18-9-5-2-6-10-18/h1-14,20,22H,15H2/t20-/m1/s1. The van der Waals surface area contributed by atoms with Gasteiger partial charge in [-0.2, -0.15) is 0 Å². The van der Waals surface area contributed by atoms with Gasteiger partial charge in [0.25, 0.3) is 5.69 Å². The molecule has 5 nitrogen and oxygen atoms in total. The van der Waals surface area contributed by atoms with E-state index < -0.39 is 4.92 Å². The minimum atomic E-state index is -0.474. The summed E-state index contributed by atoms with van der Waals surface area (Å²) in [5.74, 6) is -0.0721. The van der Waals surface area contributed by atoms with Gasteiger partial charge in [-0.1, -0.05) is 48.5 Å². The number of non-ortho nitro benzene ring substituents is 1. The Morgan fingerprint density at radius 3 is 2.04 bits per heavy atom. The first-order valence-electron chi connectivity index (χ1n) is 8.27. The number of para-hydroxylation sites is 1. The third kappa shape index (κ3) is 4.33. The zero-order valence-electron chi connectivity index (χ0n) is 14.0. The van der Waals surface area contributed by atoms with Crippen LogP contribution in [0.3, 0.4) is 0 Å². The molecule has 0 saturated carbocycles. The zero-order chi connectivity index (χ0) is 18.4. The molecule has 130 valence electrons. The van der Waals surface area contributed by atoms with Crippen molar-refractivity contribution in [2.24, 2.45) is 0 Å². The van der Waals surface area contributed by atoms with Gasteiger partial charge in [-0.3, -0.25) is 14.9 Å². The summed E-state index contributed by atoms with van der Waals surface area (Å²) in [6, 6.07) is 25.0. The fourth-order valence-corrected chi connectivity index (χ4v) is 2.75. The second-order valence-corrected chi connectivity index (χ2v) is 5.90. The van der Waals surface area contributed by atoms with Crippen molar-refractivity contribution < 1.29 is 9.72 Å². The summed E-state index contributed by atoms with van der Waals surface area (Å²) in [6.45, 7) is 0. The van der Waals surface area contributed by atoms with E-state index in [-0.39, 0.29) is 23.9 Å². The van der Waals surface area contributed by atoms with Gasteiger partial charge in [0.2, 0.25) is 0 Å². The van der Waals surface area contributed by atoms with Crippen molar-refractivity contribution in [1.82, 2.24) is 0 Å². The van der Waals surface area contributed by atoms with Crippen LogP contribution in [-0.4, -0.2) is 10.7 Å². The summed E-state index contributed by atoms with van der Waals surface area (Å²) in [5, 5.41) is 14.2. The lowest BCUT2D eigenvalue weighted by Crippen LogP contribution is -2.15. The number of ketones is 1. The molecule has 0 radical (unpaired) electrons. The van der Waals surface area contributed by atoms with E-state index in [0.717, 1.165) is 11.3 Å². The molecule has 0 aliphatic carbocycles. The zero-order valence-corrected chi connectivity index (χ0v) is 14.0. The Bertz CT molecular complexity index is 878. The normalized spacial score (nSPS) is 11.5. The lowest BCUT2D eigenvalue weighted by molar-refractivity contribution is -0.384. The van der Waals surface area contributed by atoms with Crippen molar-refractivity contribution in [2.75, 3.05) is 5.32 Å². The first-order valence-corrected chi connectivity index (χ1v) is 8.27. The van der Waals surface area contributed by atoms with E-state index in [1.165, 1.54) is 24.3 Å². The van der Waals surface area contributed by atoms with Gasteiger partial charge < -0.3 is 5.32 Å². The molecule has 5 heteroatoms. The van der Waals surface area contributed by atoms with Crippen molar-refractivity contribution in [3.05, 3.63) is 106 Å². The summed E-state index contributed by atoms with van der Waals surface area (Å²) in [4.78, 5) is 23.0. The lowest BCUT2D eigenvalue weighted by Gasteiger charge is -2.20. The molecule has 0 unspecified atom stereocenters. The Kier molecular flexibility index (Phi) is 5.39. The van der Waals surface area contributed by atoms with Crippen LogP contribution in [0, 0.1) is 10.1 Å². The van der Waals surface area contributed by atoms with Gasteiger partial charge in [0.1, 0.15) is 0 Å².